The number of aliphatic hydroxyl groups is 1. The fourth-order valence-electron chi connectivity index (χ4n) is 1.13. The number of nitrogen functional groups attached to an aromatic ring is 1. The molecule has 7 heteroatoms. The highest BCUT2D eigenvalue weighted by molar-refractivity contribution is 9.10. The molecule has 1 rings (SSSR count). The molecule has 1 aromatic rings. The summed E-state index contributed by atoms with van der Waals surface area (Å²) in [7, 11) is -3.67. The molecule has 0 aliphatic heterocycles. The van der Waals surface area contributed by atoms with Crippen LogP contribution in [0.15, 0.2) is 27.6 Å². The molecule has 1 unspecified atom stereocenters. The van der Waals surface area contributed by atoms with Gasteiger partial charge in [-0.25, -0.2) is 13.1 Å². The van der Waals surface area contributed by atoms with E-state index in [-0.39, 0.29) is 17.2 Å². The first-order chi connectivity index (χ1) is 7.36. The minimum absolute atomic E-state index is 0.0102. The number of anilines is 1. The van der Waals surface area contributed by atoms with E-state index in [2.05, 4.69) is 20.7 Å². The van der Waals surface area contributed by atoms with Gasteiger partial charge in [-0.3, -0.25) is 0 Å². The van der Waals surface area contributed by atoms with Crippen LogP contribution < -0.4 is 10.5 Å². The fourth-order valence-corrected chi connectivity index (χ4v) is 2.86. The summed E-state index contributed by atoms with van der Waals surface area (Å²) in [6.07, 6.45) is 0. The smallest absolute Gasteiger partial charge is 0.242 e. The van der Waals surface area contributed by atoms with Crippen molar-refractivity contribution in [2.24, 2.45) is 0 Å². The van der Waals surface area contributed by atoms with E-state index in [1.54, 1.807) is 13.0 Å². The van der Waals surface area contributed by atoms with E-state index in [0.717, 1.165) is 0 Å². The molecule has 0 aliphatic carbocycles. The summed E-state index contributed by atoms with van der Waals surface area (Å²) in [5.41, 5.74) is 5.77. The Hall–Kier alpha value is -0.630. The Morgan fingerprint density at radius 3 is 2.69 bits per heavy atom. The lowest BCUT2D eigenvalue weighted by Gasteiger charge is -2.13. The fraction of sp³-hybridized carbons (Fsp3) is 0.333. The summed E-state index contributed by atoms with van der Waals surface area (Å²) < 4.78 is 26.6. The van der Waals surface area contributed by atoms with Crippen molar-refractivity contribution in [1.82, 2.24) is 4.72 Å². The summed E-state index contributed by atoms with van der Waals surface area (Å²) in [6.45, 7) is 1.29. The second-order valence-electron chi connectivity index (χ2n) is 3.39. The van der Waals surface area contributed by atoms with Crippen molar-refractivity contribution in [3.8, 4) is 0 Å². The van der Waals surface area contributed by atoms with Crippen molar-refractivity contribution >= 4 is 31.6 Å². The van der Waals surface area contributed by atoms with Crippen LogP contribution in [-0.4, -0.2) is 26.2 Å². The van der Waals surface area contributed by atoms with E-state index in [0.29, 0.717) is 4.47 Å². The van der Waals surface area contributed by atoms with Crippen LogP contribution in [0.3, 0.4) is 0 Å². The Morgan fingerprint density at radius 1 is 1.56 bits per heavy atom. The van der Waals surface area contributed by atoms with Crippen LogP contribution in [0.4, 0.5) is 5.69 Å². The van der Waals surface area contributed by atoms with Gasteiger partial charge in [0, 0.05) is 10.5 Å². The second kappa shape index (κ2) is 5.13. The Labute approximate surface area is 103 Å². The van der Waals surface area contributed by atoms with E-state index in [4.69, 9.17) is 10.8 Å². The quantitative estimate of drug-likeness (QED) is 0.714. The van der Waals surface area contributed by atoms with Crippen molar-refractivity contribution < 1.29 is 13.5 Å². The lowest BCUT2D eigenvalue weighted by Crippen LogP contribution is -2.35. The minimum atomic E-state index is -3.67. The monoisotopic (exact) mass is 308 g/mol. The maximum Gasteiger partial charge on any atom is 0.242 e. The number of hydrogen-bond acceptors (Lipinski definition) is 4. The average Bonchev–Trinajstić information content (AvgIpc) is 2.16. The molecule has 0 saturated carbocycles. The van der Waals surface area contributed by atoms with Gasteiger partial charge in [-0.05, 0) is 25.1 Å². The number of aliphatic hydroxyl groups excluding tert-OH is 1. The van der Waals surface area contributed by atoms with Gasteiger partial charge in [0.05, 0.1) is 12.3 Å². The molecule has 1 atom stereocenters. The van der Waals surface area contributed by atoms with Gasteiger partial charge < -0.3 is 10.8 Å². The zero-order valence-electron chi connectivity index (χ0n) is 8.64. The maximum atomic E-state index is 11.8. The highest BCUT2D eigenvalue weighted by Gasteiger charge is 2.19. The normalized spacial score (nSPS) is 13.7. The third-order valence-corrected chi connectivity index (χ3v) is 4.05. The van der Waals surface area contributed by atoms with Gasteiger partial charge in [0.2, 0.25) is 10.0 Å². The summed E-state index contributed by atoms with van der Waals surface area (Å²) in [6, 6.07) is 3.96. The molecule has 0 radical (unpaired) electrons. The first-order valence-electron chi connectivity index (χ1n) is 4.55. The van der Waals surface area contributed by atoms with E-state index in [1.807, 2.05) is 0 Å². The molecule has 0 saturated heterocycles. The summed E-state index contributed by atoms with van der Waals surface area (Å²) in [5, 5.41) is 8.79. The molecule has 5 nitrogen and oxygen atoms in total. The topological polar surface area (TPSA) is 92.4 Å². The first-order valence-corrected chi connectivity index (χ1v) is 6.82. The Morgan fingerprint density at radius 2 is 2.19 bits per heavy atom. The highest BCUT2D eigenvalue weighted by atomic mass is 79.9. The van der Waals surface area contributed by atoms with Crippen molar-refractivity contribution in [1.29, 1.82) is 0 Å². The zero-order chi connectivity index (χ0) is 12.3. The van der Waals surface area contributed by atoms with E-state index >= 15 is 0 Å². The van der Waals surface area contributed by atoms with E-state index in [9.17, 15) is 8.42 Å². The Balaban J connectivity index is 3.08. The van der Waals surface area contributed by atoms with E-state index in [1.165, 1.54) is 12.1 Å². The second-order valence-corrected chi connectivity index (χ2v) is 5.99. The molecular weight excluding hydrogens is 296 g/mol. The van der Waals surface area contributed by atoms with Crippen molar-refractivity contribution in [3.63, 3.8) is 0 Å². The molecule has 0 aromatic heterocycles. The first kappa shape index (κ1) is 13.4. The molecule has 1 aromatic carbocycles. The van der Waals surface area contributed by atoms with Crippen LogP contribution in [0.1, 0.15) is 6.92 Å². The lowest BCUT2D eigenvalue weighted by atomic mass is 10.3. The van der Waals surface area contributed by atoms with Gasteiger partial charge in [-0.1, -0.05) is 15.9 Å². The molecule has 4 N–H and O–H groups in total. The Kier molecular flexibility index (Phi) is 4.31. The SMILES string of the molecule is CC(CO)NS(=O)(=O)c1ccc(Br)cc1N. The predicted molar refractivity (Wildman–Crippen MR) is 65.4 cm³/mol. The highest BCUT2D eigenvalue weighted by Crippen LogP contribution is 2.22. The predicted octanol–water partition coefficient (Wildman–Crippen LogP) is 0.690. The number of nitrogens with one attached hydrogen (secondary N) is 1. The van der Waals surface area contributed by atoms with Gasteiger partial charge in [-0.15, -0.1) is 0 Å². The van der Waals surface area contributed by atoms with Gasteiger partial charge in [0.1, 0.15) is 4.90 Å². The number of benzene rings is 1. The molecule has 16 heavy (non-hydrogen) atoms. The maximum absolute atomic E-state index is 11.8. The molecule has 0 heterocycles. The average molecular weight is 309 g/mol. The summed E-state index contributed by atoms with van der Waals surface area (Å²) in [4.78, 5) is 0.0102. The van der Waals surface area contributed by atoms with Gasteiger partial charge in [0.15, 0.2) is 0 Å². The molecule has 90 valence electrons. The van der Waals surface area contributed by atoms with Crippen LogP contribution in [0.25, 0.3) is 0 Å². The minimum Gasteiger partial charge on any atom is -0.398 e. The van der Waals surface area contributed by atoms with Gasteiger partial charge in [-0.2, -0.15) is 0 Å². The van der Waals surface area contributed by atoms with E-state index < -0.39 is 16.1 Å². The standard InChI is InChI=1S/C9H13BrN2O3S/c1-6(5-13)12-16(14,15)9-3-2-7(10)4-8(9)11/h2-4,6,12-13H,5,11H2,1H3. The van der Waals surface area contributed by atoms with Crippen LogP contribution in [0, 0.1) is 0 Å². The number of hydrogen-bond donors (Lipinski definition) is 3. The zero-order valence-corrected chi connectivity index (χ0v) is 11.0. The van der Waals surface area contributed by atoms with Crippen LogP contribution in [0.5, 0.6) is 0 Å². The third kappa shape index (κ3) is 3.18. The van der Waals surface area contributed by atoms with Crippen LogP contribution >= 0.6 is 15.9 Å². The summed E-state index contributed by atoms with van der Waals surface area (Å²) >= 11 is 3.19. The Bertz CT molecular complexity index is 476. The number of sulfonamides is 1. The molecule has 0 fully saturated rings. The van der Waals surface area contributed by atoms with Crippen molar-refractivity contribution in [2.75, 3.05) is 12.3 Å². The van der Waals surface area contributed by atoms with Crippen molar-refractivity contribution in [3.05, 3.63) is 22.7 Å². The largest absolute Gasteiger partial charge is 0.398 e. The molecule has 0 amide bonds. The van der Waals surface area contributed by atoms with Crippen molar-refractivity contribution in [2.45, 2.75) is 17.9 Å². The molecule has 0 bridgehead atoms. The van der Waals surface area contributed by atoms with Crippen LogP contribution in [0.2, 0.25) is 0 Å². The van der Waals surface area contributed by atoms with Gasteiger partial charge >= 0.3 is 0 Å². The van der Waals surface area contributed by atoms with Crippen LogP contribution in [-0.2, 0) is 10.0 Å². The number of halogens is 1. The third-order valence-electron chi connectivity index (χ3n) is 1.89. The lowest BCUT2D eigenvalue weighted by molar-refractivity contribution is 0.265. The number of nitrogens with two attached hydrogens (primary N) is 1. The molecule has 0 aliphatic rings. The molecule has 0 spiro atoms. The summed E-state index contributed by atoms with van der Waals surface area (Å²) in [5.74, 6) is 0. The molecular formula is C9H13BrN2O3S. The van der Waals surface area contributed by atoms with Gasteiger partial charge in [0.25, 0.3) is 0 Å². The number of rotatable bonds is 4.